The largest absolute Gasteiger partial charge is 0.416 e. The van der Waals surface area contributed by atoms with Gasteiger partial charge in [-0.15, -0.1) is 45.3 Å². The predicted molar refractivity (Wildman–Crippen MR) is 259 cm³/mol. The lowest BCUT2D eigenvalue weighted by atomic mass is 10.1. The number of alkyl halides is 12. The molecule has 0 aliphatic carbocycles. The maximum atomic E-state index is 12.8. The molecule has 0 N–H and O–H groups in total. The van der Waals surface area contributed by atoms with Crippen LogP contribution in [0.2, 0.25) is 0 Å². The normalized spacial score (nSPS) is 12.2. The third-order valence-corrected chi connectivity index (χ3v) is 15.4. The highest BCUT2D eigenvalue weighted by atomic mass is 32.1. The standard InChI is InChI=1S/2C26H14F6N2S2/c2*27-25(28,29)17-5-1-15(2-6-17)21-9-11-23(35-21)19-13-34-20(14-33-19)24-12-10-22(36-24)16-3-7-18(8-4-16)26(30,31)32/h2*1-14H. The van der Waals surface area contributed by atoms with E-state index in [-0.39, 0.29) is 0 Å². The SMILES string of the molecule is FC(F)(F)c1ccc(-c2ccc(-c3cnc(-c4ccc(-c5ccc(C(F)(F)F)cc5)s4)cn3)s2)cc1.FC(F)(F)c1ccc(-c2ccc(-c3cnc(-c4ccc(-c5ccc(C(F)(F)F)cc5)s4)cn3)s2)cc1. The zero-order chi connectivity index (χ0) is 51.0. The average molecular weight is 1070 g/mol. The van der Waals surface area contributed by atoms with Crippen LogP contribution in [0.5, 0.6) is 0 Å². The van der Waals surface area contributed by atoms with Gasteiger partial charge in [0.15, 0.2) is 0 Å². The Hall–Kier alpha value is -7.00. The number of benzene rings is 4. The smallest absolute Gasteiger partial charge is 0.251 e. The van der Waals surface area contributed by atoms with Gasteiger partial charge in [-0.2, -0.15) is 52.7 Å². The van der Waals surface area contributed by atoms with Gasteiger partial charge in [0.1, 0.15) is 0 Å². The molecule has 20 heteroatoms. The summed E-state index contributed by atoms with van der Waals surface area (Å²) in [6.45, 7) is 0. The first kappa shape index (κ1) is 50.0. The van der Waals surface area contributed by atoms with Crippen LogP contribution in [-0.2, 0) is 24.7 Å². The van der Waals surface area contributed by atoms with Gasteiger partial charge in [0.2, 0.25) is 0 Å². The summed E-state index contributed by atoms with van der Waals surface area (Å²) in [7, 11) is 0. The Labute approximate surface area is 417 Å². The second kappa shape index (κ2) is 19.9. The van der Waals surface area contributed by atoms with Gasteiger partial charge in [-0.3, -0.25) is 19.9 Å². The van der Waals surface area contributed by atoms with Crippen molar-refractivity contribution in [2.75, 3.05) is 0 Å². The van der Waals surface area contributed by atoms with Gasteiger partial charge in [-0.25, -0.2) is 0 Å². The molecular weight excluding hydrogens is 1040 g/mol. The monoisotopic (exact) mass is 1060 g/mol. The number of nitrogens with zero attached hydrogens (tertiary/aromatic N) is 4. The molecule has 72 heavy (non-hydrogen) atoms. The van der Waals surface area contributed by atoms with E-state index in [1.807, 2.05) is 48.5 Å². The van der Waals surface area contributed by atoms with Crippen molar-refractivity contribution in [2.24, 2.45) is 0 Å². The second-order valence-corrected chi connectivity index (χ2v) is 19.9. The molecule has 0 bridgehead atoms. The van der Waals surface area contributed by atoms with Crippen molar-refractivity contribution in [2.45, 2.75) is 24.7 Å². The van der Waals surface area contributed by atoms with E-state index in [9.17, 15) is 52.7 Å². The molecule has 10 aromatic rings. The summed E-state index contributed by atoms with van der Waals surface area (Å²) < 4.78 is 154. The van der Waals surface area contributed by atoms with Crippen LogP contribution in [0.15, 0.2) is 170 Å². The molecule has 0 saturated heterocycles. The summed E-state index contributed by atoms with van der Waals surface area (Å²) in [4.78, 5) is 24.4. The lowest BCUT2D eigenvalue weighted by Gasteiger charge is -2.06. The highest BCUT2D eigenvalue weighted by molar-refractivity contribution is 7.19. The summed E-state index contributed by atoms with van der Waals surface area (Å²) >= 11 is 5.59. The maximum absolute atomic E-state index is 12.8. The molecule has 0 aliphatic rings. The minimum atomic E-state index is -4.38. The molecule has 0 amide bonds. The lowest BCUT2D eigenvalue weighted by Crippen LogP contribution is -2.03. The minimum Gasteiger partial charge on any atom is -0.251 e. The Morgan fingerprint density at radius 2 is 0.389 bits per heavy atom. The first-order chi connectivity index (χ1) is 34.2. The fourth-order valence-electron chi connectivity index (χ4n) is 6.98. The molecule has 10 rings (SSSR count). The van der Waals surface area contributed by atoms with Crippen LogP contribution in [-0.4, -0.2) is 19.9 Å². The Morgan fingerprint density at radius 3 is 0.542 bits per heavy atom. The number of halogens is 12. The summed E-state index contributed by atoms with van der Waals surface area (Å²) in [6, 6.07) is 34.7. The van der Waals surface area contributed by atoms with Gasteiger partial charge in [0.05, 0.1) is 89.3 Å². The van der Waals surface area contributed by atoms with Crippen LogP contribution >= 0.6 is 45.3 Å². The molecule has 364 valence electrons. The fraction of sp³-hybridized carbons (Fsp3) is 0.0769. The minimum absolute atomic E-state index is 0.626. The molecular formula is C52H28F12N4S4. The van der Waals surface area contributed by atoms with Crippen LogP contribution in [0.4, 0.5) is 52.7 Å². The second-order valence-electron chi connectivity index (χ2n) is 15.5. The number of thiophene rings is 4. The van der Waals surface area contributed by atoms with Gasteiger partial charge in [0, 0.05) is 19.5 Å². The van der Waals surface area contributed by atoms with Crippen molar-refractivity contribution >= 4 is 45.3 Å². The van der Waals surface area contributed by atoms with E-state index in [4.69, 9.17) is 0 Å². The zero-order valence-electron chi connectivity index (χ0n) is 36.1. The van der Waals surface area contributed by atoms with Gasteiger partial charge in [-0.1, -0.05) is 48.5 Å². The maximum Gasteiger partial charge on any atom is 0.416 e. The Kier molecular flexibility index (Phi) is 13.8. The van der Waals surface area contributed by atoms with Crippen molar-refractivity contribution in [3.05, 3.63) is 193 Å². The third kappa shape index (κ3) is 11.5. The van der Waals surface area contributed by atoms with Crippen molar-refractivity contribution in [1.82, 2.24) is 19.9 Å². The van der Waals surface area contributed by atoms with Crippen molar-refractivity contribution in [1.29, 1.82) is 0 Å². The molecule has 0 fully saturated rings. The molecule has 0 saturated carbocycles. The van der Waals surface area contributed by atoms with Crippen LogP contribution in [0.25, 0.3) is 84.0 Å². The summed E-state index contributed by atoms with van der Waals surface area (Å²) in [5.41, 5.74) is 2.44. The molecule has 4 aromatic carbocycles. The topological polar surface area (TPSA) is 51.6 Å². The Bertz CT molecular complexity index is 2960. The summed E-state index contributed by atoms with van der Waals surface area (Å²) in [5.74, 6) is 0. The summed E-state index contributed by atoms with van der Waals surface area (Å²) in [6.07, 6.45) is -11.0. The van der Waals surface area contributed by atoms with Gasteiger partial charge in [-0.05, 0) is 119 Å². The number of rotatable bonds is 8. The molecule has 0 radical (unpaired) electrons. The van der Waals surface area contributed by atoms with E-state index in [0.717, 1.165) is 87.5 Å². The zero-order valence-corrected chi connectivity index (χ0v) is 39.4. The van der Waals surface area contributed by atoms with E-state index in [1.165, 1.54) is 93.9 Å². The van der Waals surface area contributed by atoms with Crippen LogP contribution in [0.1, 0.15) is 22.3 Å². The van der Waals surface area contributed by atoms with E-state index in [0.29, 0.717) is 45.0 Å². The Morgan fingerprint density at radius 1 is 0.222 bits per heavy atom. The van der Waals surface area contributed by atoms with E-state index >= 15 is 0 Å². The van der Waals surface area contributed by atoms with Crippen molar-refractivity contribution in [3.8, 4) is 84.0 Å². The fourth-order valence-corrected chi connectivity index (χ4v) is 10.9. The van der Waals surface area contributed by atoms with E-state index in [1.54, 1.807) is 24.8 Å². The molecule has 6 aromatic heterocycles. The van der Waals surface area contributed by atoms with Gasteiger partial charge >= 0.3 is 24.7 Å². The Balaban J connectivity index is 0.000000178. The lowest BCUT2D eigenvalue weighted by molar-refractivity contribution is -0.138. The van der Waals surface area contributed by atoms with Crippen LogP contribution in [0, 0.1) is 0 Å². The predicted octanol–water partition coefficient (Wildman–Crippen LogP) is 18.6. The third-order valence-electron chi connectivity index (χ3n) is 10.7. The van der Waals surface area contributed by atoms with Crippen molar-refractivity contribution < 1.29 is 52.7 Å². The molecule has 0 aliphatic heterocycles. The molecule has 6 heterocycles. The summed E-state index contributed by atoms with van der Waals surface area (Å²) in [5, 5.41) is 0. The van der Waals surface area contributed by atoms with Crippen molar-refractivity contribution in [3.63, 3.8) is 0 Å². The molecule has 0 atom stereocenters. The first-order valence-electron chi connectivity index (χ1n) is 20.9. The quantitative estimate of drug-likeness (QED) is 0.142. The van der Waals surface area contributed by atoms with E-state index in [2.05, 4.69) is 19.9 Å². The van der Waals surface area contributed by atoms with Gasteiger partial charge in [0.25, 0.3) is 0 Å². The molecule has 0 spiro atoms. The number of hydrogen-bond acceptors (Lipinski definition) is 8. The van der Waals surface area contributed by atoms with Gasteiger partial charge < -0.3 is 0 Å². The average Bonchev–Trinajstić information content (AvgIpc) is 4.22. The highest BCUT2D eigenvalue weighted by Gasteiger charge is 2.32. The van der Waals surface area contributed by atoms with Crippen LogP contribution < -0.4 is 0 Å². The van der Waals surface area contributed by atoms with Crippen LogP contribution in [0.3, 0.4) is 0 Å². The first-order valence-corrected chi connectivity index (χ1v) is 24.2. The van der Waals surface area contributed by atoms with E-state index < -0.39 is 47.0 Å². The molecule has 0 unspecified atom stereocenters. The number of hydrogen-bond donors (Lipinski definition) is 0. The molecule has 4 nitrogen and oxygen atoms in total. The highest BCUT2D eigenvalue weighted by Crippen LogP contribution is 2.41. The number of aromatic nitrogens is 4.